The number of pyridine rings is 1. The Morgan fingerprint density at radius 3 is 2.72 bits per heavy atom. The fraction of sp³-hybridized carbons (Fsp3) is 0.455. The van der Waals surface area contributed by atoms with Crippen LogP contribution >= 0.6 is 15.9 Å². The van der Waals surface area contributed by atoms with Gasteiger partial charge in [0.2, 0.25) is 0 Å². The summed E-state index contributed by atoms with van der Waals surface area (Å²) in [6.07, 6.45) is -3.13. The Bertz CT molecular complexity index is 488. The third-order valence-corrected chi connectivity index (χ3v) is 2.84. The van der Waals surface area contributed by atoms with Crippen LogP contribution in [0, 0.1) is 0 Å². The maximum absolute atomic E-state index is 12.8. The molecule has 0 fully saturated rings. The summed E-state index contributed by atoms with van der Waals surface area (Å²) in [7, 11) is 0. The predicted octanol–water partition coefficient (Wildman–Crippen LogP) is 2.31. The van der Waals surface area contributed by atoms with Crippen LogP contribution in [0.1, 0.15) is 30.2 Å². The fourth-order valence-electron chi connectivity index (χ4n) is 1.43. The molecular weight excluding hydrogens is 312 g/mol. The van der Waals surface area contributed by atoms with E-state index >= 15 is 0 Å². The monoisotopic (exact) mass is 323 g/mol. The number of aromatic nitrogens is 1. The van der Waals surface area contributed by atoms with Crippen molar-refractivity contribution >= 4 is 21.9 Å². The first-order valence-electron chi connectivity index (χ1n) is 5.24. The normalized spacial score (nSPS) is 10.7. The highest BCUT2D eigenvalue weighted by molar-refractivity contribution is 9.08. The van der Waals surface area contributed by atoms with E-state index in [4.69, 9.17) is 0 Å². The van der Waals surface area contributed by atoms with Gasteiger partial charge in [-0.15, -0.1) is 0 Å². The number of halogens is 3. The number of aromatic amines is 1. The number of nitrogens with one attached hydrogen (secondary N) is 1. The highest BCUT2D eigenvalue weighted by Gasteiger charge is 2.18. The maximum atomic E-state index is 12.8. The summed E-state index contributed by atoms with van der Waals surface area (Å²) in [5, 5.41) is 0.168. The topological polar surface area (TPSA) is 59.2 Å². The van der Waals surface area contributed by atoms with Gasteiger partial charge >= 0.3 is 5.97 Å². The average molecular weight is 324 g/mol. The van der Waals surface area contributed by atoms with Crippen molar-refractivity contribution in [3.8, 4) is 0 Å². The summed E-state index contributed by atoms with van der Waals surface area (Å²) in [6, 6.07) is 1.10. The number of H-pyrrole nitrogens is 1. The fourth-order valence-corrected chi connectivity index (χ4v) is 1.84. The van der Waals surface area contributed by atoms with E-state index < -0.39 is 18.0 Å². The van der Waals surface area contributed by atoms with Gasteiger partial charge in [0, 0.05) is 22.2 Å². The Labute approximate surface area is 110 Å². The van der Waals surface area contributed by atoms with E-state index in [0.29, 0.717) is 0 Å². The number of esters is 1. The van der Waals surface area contributed by atoms with Crippen molar-refractivity contribution in [1.29, 1.82) is 0 Å². The van der Waals surface area contributed by atoms with Gasteiger partial charge in [0.25, 0.3) is 12.0 Å². The zero-order valence-electron chi connectivity index (χ0n) is 9.63. The number of carbonyl (C=O) groups is 1. The van der Waals surface area contributed by atoms with Crippen molar-refractivity contribution in [2.75, 3.05) is 6.61 Å². The quantitative estimate of drug-likeness (QED) is 0.668. The third kappa shape index (κ3) is 3.63. The lowest BCUT2D eigenvalue weighted by molar-refractivity contribution is -0.142. The lowest BCUT2D eigenvalue weighted by Crippen LogP contribution is -2.19. The summed E-state index contributed by atoms with van der Waals surface area (Å²) in [5.41, 5.74) is -0.747. The first-order chi connectivity index (χ1) is 8.49. The molecule has 0 aliphatic heterocycles. The highest BCUT2D eigenvalue weighted by atomic mass is 79.9. The summed E-state index contributed by atoms with van der Waals surface area (Å²) in [6.45, 7) is 1.77. The Kier molecular flexibility index (Phi) is 5.46. The molecule has 0 aliphatic rings. The molecule has 0 aliphatic carbocycles. The minimum absolute atomic E-state index is 0.0989. The SMILES string of the molecule is CCOC(=O)Cc1[nH]c(=O)c(CBr)cc1C(F)F. The molecule has 1 aromatic heterocycles. The molecule has 0 radical (unpaired) electrons. The molecule has 1 N–H and O–H groups in total. The number of carbonyl (C=O) groups excluding carboxylic acids is 1. The summed E-state index contributed by atoms with van der Waals surface area (Å²) in [5.74, 6) is -0.651. The van der Waals surface area contributed by atoms with Crippen LogP contribution in [-0.2, 0) is 21.3 Å². The summed E-state index contributed by atoms with van der Waals surface area (Å²) >= 11 is 3.04. The van der Waals surface area contributed by atoms with Crippen LogP contribution in [0.5, 0.6) is 0 Å². The molecule has 1 aromatic rings. The zero-order chi connectivity index (χ0) is 13.7. The number of alkyl halides is 3. The van der Waals surface area contributed by atoms with Crippen molar-refractivity contribution in [2.24, 2.45) is 0 Å². The van der Waals surface area contributed by atoms with Gasteiger partial charge in [0.05, 0.1) is 13.0 Å². The lowest BCUT2D eigenvalue weighted by atomic mass is 10.1. The molecule has 0 aromatic carbocycles. The van der Waals surface area contributed by atoms with Gasteiger partial charge in [-0.05, 0) is 13.0 Å². The van der Waals surface area contributed by atoms with Crippen LogP contribution in [0.25, 0.3) is 0 Å². The lowest BCUT2D eigenvalue weighted by Gasteiger charge is -2.09. The van der Waals surface area contributed by atoms with E-state index in [1.807, 2.05) is 0 Å². The van der Waals surface area contributed by atoms with Gasteiger partial charge in [0.15, 0.2) is 0 Å². The predicted molar refractivity (Wildman–Crippen MR) is 65.0 cm³/mol. The first-order valence-corrected chi connectivity index (χ1v) is 6.36. The van der Waals surface area contributed by atoms with E-state index in [0.717, 1.165) is 6.07 Å². The second-order valence-corrected chi connectivity index (χ2v) is 4.03. The van der Waals surface area contributed by atoms with E-state index in [1.54, 1.807) is 6.92 Å². The van der Waals surface area contributed by atoms with Crippen LogP contribution in [0.4, 0.5) is 8.78 Å². The van der Waals surface area contributed by atoms with Crippen LogP contribution in [0.2, 0.25) is 0 Å². The molecule has 0 amide bonds. The molecule has 0 unspecified atom stereocenters. The van der Waals surface area contributed by atoms with Crippen LogP contribution in [-0.4, -0.2) is 17.6 Å². The Morgan fingerprint density at radius 1 is 1.56 bits per heavy atom. The van der Waals surface area contributed by atoms with Gasteiger partial charge in [-0.1, -0.05) is 15.9 Å². The van der Waals surface area contributed by atoms with Crippen molar-refractivity contribution in [2.45, 2.75) is 25.1 Å². The molecule has 0 atom stereocenters. The van der Waals surface area contributed by atoms with E-state index in [2.05, 4.69) is 25.7 Å². The summed E-state index contributed by atoms with van der Waals surface area (Å²) in [4.78, 5) is 25.1. The van der Waals surface area contributed by atoms with Crippen LogP contribution in [0.3, 0.4) is 0 Å². The molecule has 0 saturated heterocycles. The van der Waals surface area contributed by atoms with Gasteiger partial charge in [0.1, 0.15) is 0 Å². The molecule has 0 bridgehead atoms. The van der Waals surface area contributed by atoms with Crippen LogP contribution < -0.4 is 5.56 Å². The van der Waals surface area contributed by atoms with Gasteiger partial charge in [-0.3, -0.25) is 9.59 Å². The largest absolute Gasteiger partial charge is 0.466 e. The minimum atomic E-state index is -2.76. The number of ether oxygens (including phenoxy) is 1. The highest BCUT2D eigenvalue weighted by Crippen LogP contribution is 2.22. The van der Waals surface area contributed by atoms with Crippen molar-refractivity contribution in [3.63, 3.8) is 0 Å². The molecule has 100 valence electrons. The summed E-state index contributed by atoms with van der Waals surface area (Å²) < 4.78 is 30.3. The van der Waals surface area contributed by atoms with Crippen molar-refractivity contribution in [1.82, 2.24) is 4.98 Å². The number of hydrogen-bond acceptors (Lipinski definition) is 3. The van der Waals surface area contributed by atoms with Crippen LogP contribution in [0.15, 0.2) is 10.9 Å². The second kappa shape index (κ2) is 6.63. The second-order valence-electron chi connectivity index (χ2n) is 3.47. The van der Waals surface area contributed by atoms with Crippen molar-refractivity contribution in [3.05, 3.63) is 33.2 Å². The Morgan fingerprint density at radius 2 is 2.22 bits per heavy atom. The third-order valence-electron chi connectivity index (χ3n) is 2.24. The molecular formula is C11H12BrF2NO3. The molecule has 1 rings (SSSR count). The average Bonchev–Trinajstić information content (AvgIpc) is 2.29. The maximum Gasteiger partial charge on any atom is 0.311 e. The molecule has 1 heterocycles. The van der Waals surface area contributed by atoms with E-state index in [9.17, 15) is 18.4 Å². The van der Waals surface area contributed by atoms with E-state index in [-0.39, 0.29) is 35.2 Å². The standard InChI is InChI=1S/C11H12BrF2NO3/c1-2-18-9(16)4-8-7(10(13)14)3-6(5-12)11(17)15-8/h3,10H,2,4-5H2,1H3,(H,15,17). The molecule has 0 saturated carbocycles. The molecule has 18 heavy (non-hydrogen) atoms. The van der Waals surface area contributed by atoms with Gasteiger partial charge in [-0.2, -0.15) is 0 Å². The Balaban J connectivity index is 3.13. The van der Waals surface area contributed by atoms with E-state index in [1.165, 1.54) is 0 Å². The first kappa shape index (κ1) is 14.8. The number of rotatable bonds is 5. The Hall–Kier alpha value is -1.24. The van der Waals surface area contributed by atoms with Gasteiger partial charge < -0.3 is 9.72 Å². The van der Waals surface area contributed by atoms with Gasteiger partial charge in [-0.25, -0.2) is 8.78 Å². The molecule has 0 spiro atoms. The molecule has 4 nitrogen and oxygen atoms in total. The zero-order valence-corrected chi connectivity index (χ0v) is 11.2. The minimum Gasteiger partial charge on any atom is -0.466 e. The smallest absolute Gasteiger partial charge is 0.311 e. The number of hydrogen-bond donors (Lipinski definition) is 1. The van der Waals surface area contributed by atoms with Crippen molar-refractivity contribution < 1.29 is 18.3 Å². The molecule has 7 heteroatoms.